The Morgan fingerprint density at radius 2 is 2.06 bits per heavy atom. The minimum atomic E-state index is -1.27. The molecule has 1 atom stereocenters. The summed E-state index contributed by atoms with van der Waals surface area (Å²) in [6.07, 6.45) is 1.07. The molecule has 170 valence electrons. The van der Waals surface area contributed by atoms with Gasteiger partial charge in [0.2, 0.25) is 0 Å². The van der Waals surface area contributed by atoms with Crippen LogP contribution in [0.1, 0.15) is 39.0 Å². The lowest BCUT2D eigenvalue weighted by molar-refractivity contribution is -0.138. The van der Waals surface area contributed by atoms with E-state index in [1.54, 1.807) is 18.2 Å². The van der Waals surface area contributed by atoms with Crippen LogP contribution in [-0.4, -0.2) is 55.9 Å². The first kappa shape index (κ1) is 21.9. The fourth-order valence-corrected chi connectivity index (χ4v) is 3.26. The summed E-state index contributed by atoms with van der Waals surface area (Å²) in [5.74, 6) is -3.12. The van der Waals surface area contributed by atoms with Crippen LogP contribution < -0.4 is 15.4 Å². The number of halogens is 1. The molecule has 0 bridgehead atoms. The zero-order chi connectivity index (χ0) is 23.7. The fraction of sp³-hybridized carbons (Fsp3) is 0.238. The van der Waals surface area contributed by atoms with Gasteiger partial charge in [-0.25, -0.2) is 13.9 Å². The van der Waals surface area contributed by atoms with Crippen LogP contribution in [0.5, 0.6) is 5.75 Å². The average molecular weight is 455 g/mol. The molecule has 3 heterocycles. The third kappa shape index (κ3) is 4.49. The molecule has 0 saturated heterocycles. The monoisotopic (exact) mass is 455 g/mol. The highest BCUT2D eigenvalue weighted by atomic mass is 19.1. The first-order valence-corrected chi connectivity index (χ1v) is 9.85. The van der Waals surface area contributed by atoms with Crippen LogP contribution in [0.3, 0.4) is 0 Å². The second-order valence-electron chi connectivity index (χ2n) is 7.42. The Labute approximate surface area is 185 Å². The third-order valence-corrected chi connectivity index (χ3v) is 4.97. The largest absolute Gasteiger partial charge is 0.486 e. The molecule has 4 rings (SSSR count). The lowest BCUT2D eigenvalue weighted by Crippen LogP contribution is -2.39. The molecule has 3 N–H and O–H groups in total. The molecule has 0 radical (unpaired) electrons. The molecule has 0 unspecified atom stereocenters. The number of aromatic nitrogens is 3. The highest BCUT2D eigenvalue weighted by Gasteiger charge is 2.23. The van der Waals surface area contributed by atoms with Crippen molar-refractivity contribution in [2.24, 2.45) is 0 Å². The van der Waals surface area contributed by atoms with Gasteiger partial charge < -0.3 is 20.5 Å². The topological polar surface area (TPSA) is 152 Å². The van der Waals surface area contributed by atoms with Crippen molar-refractivity contribution >= 4 is 29.2 Å². The number of Topliss-reactive ketones (excluding diaryl/α,β-unsaturated/α-hetero) is 1. The minimum absolute atomic E-state index is 0.0313. The normalized spacial score (nSPS) is 13.7. The van der Waals surface area contributed by atoms with Crippen molar-refractivity contribution < 1.29 is 33.4 Å². The standard InChI is InChI=1S/C21H18FN5O6/c1-10(21(31)32)25-20(30)16-6-15(26-18-14(22)8-24-27(16)18)19(29)23-7-11-2-3-17-12(4-11)5-13(28)9-33-17/h2-4,6,8,10H,5,7,9H2,1H3,(H,23,29)(H,25,30)(H,31,32)/t10-/m0/s1. The number of nitrogens with one attached hydrogen (secondary N) is 2. The molecule has 1 aliphatic rings. The van der Waals surface area contributed by atoms with E-state index in [0.29, 0.717) is 16.9 Å². The Kier molecular flexibility index (Phi) is 5.73. The number of fused-ring (bicyclic) bond motifs is 2. The summed E-state index contributed by atoms with van der Waals surface area (Å²) in [6, 6.07) is 5.05. The number of ketones is 1. The minimum Gasteiger partial charge on any atom is -0.486 e. The van der Waals surface area contributed by atoms with Gasteiger partial charge in [-0.05, 0) is 24.6 Å². The lowest BCUT2D eigenvalue weighted by atomic mass is 10.0. The van der Waals surface area contributed by atoms with E-state index in [1.165, 1.54) is 6.92 Å². The Bertz CT molecular complexity index is 1300. The van der Waals surface area contributed by atoms with Crippen molar-refractivity contribution in [2.45, 2.75) is 25.9 Å². The van der Waals surface area contributed by atoms with Crippen LogP contribution in [0.15, 0.2) is 30.5 Å². The van der Waals surface area contributed by atoms with E-state index in [2.05, 4.69) is 20.7 Å². The number of carbonyl (C=O) groups excluding carboxylic acids is 3. The van der Waals surface area contributed by atoms with E-state index in [-0.39, 0.29) is 42.4 Å². The van der Waals surface area contributed by atoms with Gasteiger partial charge in [0.05, 0.1) is 6.20 Å². The number of aliphatic carboxylic acids is 1. The second kappa shape index (κ2) is 8.65. The average Bonchev–Trinajstić information content (AvgIpc) is 3.17. The van der Waals surface area contributed by atoms with E-state index in [4.69, 9.17) is 9.84 Å². The summed E-state index contributed by atoms with van der Waals surface area (Å²) in [5, 5.41) is 17.6. The van der Waals surface area contributed by atoms with Crippen LogP contribution in [-0.2, 0) is 22.6 Å². The number of hydrogen-bond donors (Lipinski definition) is 3. The molecule has 2 amide bonds. The molecule has 1 aromatic carbocycles. The first-order valence-electron chi connectivity index (χ1n) is 9.85. The quantitative estimate of drug-likeness (QED) is 0.486. The number of carboxylic acid groups (broad SMARTS) is 1. The van der Waals surface area contributed by atoms with E-state index in [0.717, 1.165) is 16.8 Å². The van der Waals surface area contributed by atoms with Crippen molar-refractivity contribution in [3.63, 3.8) is 0 Å². The van der Waals surface area contributed by atoms with Gasteiger partial charge in [-0.1, -0.05) is 6.07 Å². The number of hydrogen-bond acceptors (Lipinski definition) is 7. The Morgan fingerprint density at radius 1 is 1.27 bits per heavy atom. The number of rotatable bonds is 6. The molecule has 0 aliphatic carbocycles. The molecule has 11 nitrogen and oxygen atoms in total. The number of ether oxygens (including phenoxy) is 1. The number of nitrogens with zero attached hydrogens (tertiary/aromatic N) is 3. The Hall–Kier alpha value is -4.35. The van der Waals surface area contributed by atoms with Gasteiger partial charge in [0.1, 0.15) is 29.8 Å². The summed E-state index contributed by atoms with van der Waals surface area (Å²) < 4.78 is 20.4. The number of benzene rings is 1. The zero-order valence-electron chi connectivity index (χ0n) is 17.3. The summed E-state index contributed by atoms with van der Waals surface area (Å²) in [4.78, 5) is 51.8. The Balaban J connectivity index is 1.56. The van der Waals surface area contributed by atoms with Crippen LogP contribution >= 0.6 is 0 Å². The smallest absolute Gasteiger partial charge is 0.325 e. The van der Waals surface area contributed by atoms with Crippen molar-refractivity contribution in [1.29, 1.82) is 0 Å². The predicted octanol–water partition coefficient (Wildman–Crippen LogP) is 0.505. The maximum atomic E-state index is 14.1. The summed E-state index contributed by atoms with van der Waals surface area (Å²) in [7, 11) is 0. The molecule has 0 saturated carbocycles. The van der Waals surface area contributed by atoms with E-state index >= 15 is 0 Å². The van der Waals surface area contributed by atoms with Gasteiger partial charge in [-0.2, -0.15) is 5.10 Å². The van der Waals surface area contributed by atoms with Crippen molar-refractivity contribution in [3.8, 4) is 5.75 Å². The summed E-state index contributed by atoms with van der Waals surface area (Å²) >= 11 is 0. The molecule has 3 aromatic rings. The van der Waals surface area contributed by atoms with Crippen LogP contribution in [0.4, 0.5) is 4.39 Å². The first-order chi connectivity index (χ1) is 15.7. The molecular formula is C21H18FN5O6. The predicted molar refractivity (Wildman–Crippen MR) is 109 cm³/mol. The van der Waals surface area contributed by atoms with Crippen LogP contribution in [0, 0.1) is 5.82 Å². The highest BCUT2D eigenvalue weighted by molar-refractivity contribution is 5.99. The third-order valence-electron chi connectivity index (χ3n) is 4.97. The fourth-order valence-electron chi connectivity index (χ4n) is 3.26. The maximum absolute atomic E-state index is 14.1. The van der Waals surface area contributed by atoms with Crippen molar-refractivity contribution in [1.82, 2.24) is 25.2 Å². The van der Waals surface area contributed by atoms with Crippen LogP contribution in [0.2, 0.25) is 0 Å². The zero-order valence-corrected chi connectivity index (χ0v) is 17.3. The SMILES string of the molecule is C[C@H](NC(=O)c1cc(C(=O)NCc2ccc3c(c2)CC(=O)CO3)nc2c(F)cnn12)C(=O)O. The number of carbonyl (C=O) groups is 4. The van der Waals surface area contributed by atoms with Gasteiger partial charge in [0, 0.05) is 24.6 Å². The van der Waals surface area contributed by atoms with Gasteiger partial charge in [-0.3, -0.25) is 19.2 Å². The molecule has 1 aliphatic heterocycles. The second-order valence-corrected chi connectivity index (χ2v) is 7.42. The molecule has 2 aromatic heterocycles. The van der Waals surface area contributed by atoms with Gasteiger partial charge >= 0.3 is 5.97 Å². The van der Waals surface area contributed by atoms with Crippen LogP contribution in [0.25, 0.3) is 5.65 Å². The van der Waals surface area contributed by atoms with E-state index in [1.807, 2.05) is 0 Å². The summed E-state index contributed by atoms with van der Waals surface area (Å²) in [5.41, 5.74) is 0.536. The number of amides is 2. The van der Waals surface area contributed by atoms with E-state index < -0.39 is 29.6 Å². The number of carboxylic acids is 1. The lowest BCUT2D eigenvalue weighted by Gasteiger charge is -2.17. The highest BCUT2D eigenvalue weighted by Crippen LogP contribution is 2.24. The molecule has 12 heteroatoms. The van der Waals surface area contributed by atoms with Gasteiger partial charge in [0.25, 0.3) is 11.8 Å². The molecular weight excluding hydrogens is 437 g/mol. The van der Waals surface area contributed by atoms with Gasteiger partial charge in [0.15, 0.2) is 17.2 Å². The van der Waals surface area contributed by atoms with Crippen molar-refractivity contribution in [3.05, 3.63) is 58.8 Å². The Morgan fingerprint density at radius 3 is 2.82 bits per heavy atom. The van der Waals surface area contributed by atoms with Crippen molar-refractivity contribution in [2.75, 3.05) is 6.61 Å². The molecule has 0 fully saturated rings. The van der Waals surface area contributed by atoms with E-state index in [9.17, 15) is 23.6 Å². The van der Waals surface area contributed by atoms with Gasteiger partial charge in [-0.15, -0.1) is 0 Å². The maximum Gasteiger partial charge on any atom is 0.325 e. The molecule has 0 spiro atoms. The summed E-state index contributed by atoms with van der Waals surface area (Å²) in [6.45, 7) is 1.36. The molecule has 33 heavy (non-hydrogen) atoms.